The van der Waals surface area contributed by atoms with Crippen molar-refractivity contribution in [2.75, 3.05) is 5.73 Å². The second-order valence-corrected chi connectivity index (χ2v) is 3.21. The van der Waals surface area contributed by atoms with E-state index in [1.54, 1.807) is 13.0 Å². The van der Waals surface area contributed by atoms with E-state index in [0.717, 1.165) is 0 Å². The van der Waals surface area contributed by atoms with Crippen LogP contribution in [0.5, 0.6) is 0 Å². The number of carbonyl (C=O) groups is 2. The lowest BCUT2D eigenvalue weighted by Gasteiger charge is -2.12. The number of aromatic nitrogens is 1. The molecule has 6 nitrogen and oxygen atoms in total. The van der Waals surface area contributed by atoms with Crippen molar-refractivity contribution in [2.45, 2.75) is 19.4 Å². The zero-order valence-electron chi connectivity index (χ0n) is 8.80. The predicted octanol–water partition coefficient (Wildman–Crippen LogP) is 0.257. The molecule has 1 atom stereocenters. The number of hydrogen-bond donors (Lipinski definition) is 3. The van der Waals surface area contributed by atoms with Crippen LogP contribution in [0.4, 0.5) is 5.82 Å². The van der Waals surface area contributed by atoms with Gasteiger partial charge in [-0.1, -0.05) is 6.92 Å². The van der Waals surface area contributed by atoms with Gasteiger partial charge >= 0.3 is 5.97 Å². The van der Waals surface area contributed by atoms with E-state index in [9.17, 15) is 9.59 Å². The molecule has 1 heterocycles. The highest BCUT2D eigenvalue weighted by Gasteiger charge is 2.19. The first kappa shape index (κ1) is 12.0. The van der Waals surface area contributed by atoms with Gasteiger partial charge in [0, 0.05) is 6.20 Å². The van der Waals surface area contributed by atoms with Crippen molar-refractivity contribution in [1.29, 1.82) is 0 Å². The molecule has 0 aliphatic carbocycles. The Balaban J connectivity index is 2.80. The van der Waals surface area contributed by atoms with E-state index in [1.807, 2.05) is 0 Å². The van der Waals surface area contributed by atoms with Gasteiger partial charge in [-0.25, -0.2) is 9.78 Å². The van der Waals surface area contributed by atoms with Crippen LogP contribution >= 0.6 is 0 Å². The minimum atomic E-state index is -1.07. The summed E-state index contributed by atoms with van der Waals surface area (Å²) in [6.07, 6.45) is 1.77. The van der Waals surface area contributed by atoms with Gasteiger partial charge in [0.2, 0.25) is 0 Å². The molecule has 86 valence electrons. The highest BCUT2D eigenvalue weighted by atomic mass is 16.4. The molecule has 0 saturated heterocycles. The third kappa shape index (κ3) is 2.69. The molecule has 0 aromatic carbocycles. The molecule has 1 aromatic heterocycles. The second kappa shape index (κ2) is 5.11. The first-order chi connectivity index (χ1) is 7.56. The van der Waals surface area contributed by atoms with Gasteiger partial charge in [-0.15, -0.1) is 0 Å². The smallest absolute Gasteiger partial charge is 0.326 e. The van der Waals surface area contributed by atoms with Gasteiger partial charge in [-0.05, 0) is 18.6 Å². The van der Waals surface area contributed by atoms with Crippen LogP contribution in [-0.4, -0.2) is 28.0 Å². The molecular weight excluding hydrogens is 210 g/mol. The van der Waals surface area contributed by atoms with Crippen LogP contribution in [0, 0.1) is 0 Å². The summed E-state index contributed by atoms with van der Waals surface area (Å²) in [6.45, 7) is 1.67. The number of nitrogen functional groups attached to an aromatic ring is 1. The van der Waals surface area contributed by atoms with Crippen LogP contribution in [0.25, 0.3) is 0 Å². The van der Waals surface area contributed by atoms with Gasteiger partial charge < -0.3 is 16.2 Å². The Kier molecular flexibility index (Phi) is 3.82. The van der Waals surface area contributed by atoms with Gasteiger partial charge in [-0.2, -0.15) is 0 Å². The Bertz CT molecular complexity index is 406. The molecule has 0 saturated carbocycles. The molecule has 1 amide bonds. The number of anilines is 1. The number of nitrogens with two attached hydrogens (primary N) is 1. The average Bonchev–Trinajstić information content (AvgIpc) is 2.25. The topological polar surface area (TPSA) is 105 Å². The van der Waals surface area contributed by atoms with Crippen molar-refractivity contribution < 1.29 is 14.7 Å². The Morgan fingerprint density at radius 1 is 1.62 bits per heavy atom. The molecule has 16 heavy (non-hydrogen) atoms. The number of carboxylic acid groups (broad SMARTS) is 1. The Morgan fingerprint density at radius 2 is 2.31 bits per heavy atom. The Morgan fingerprint density at radius 3 is 2.81 bits per heavy atom. The van der Waals surface area contributed by atoms with Crippen molar-refractivity contribution in [1.82, 2.24) is 10.3 Å². The summed E-state index contributed by atoms with van der Waals surface area (Å²) in [5.41, 5.74) is 5.68. The van der Waals surface area contributed by atoms with Crippen LogP contribution in [-0.2, 0) is 4.79 Å². The molecule has 0 radical (unpaired) electrons. The second-order valence-electron chi connectivity index (χ2n) is 3.21. The fourth-order valence-electron chi connectivity index (χ4n) is 1.18. The van der Waals surface area contributed by atoms with Crippen molar-refractivity contribution >= 4 is 17.7 Å². The number of carbonyl (C=O) groups excluding carboxylic acids is 1. The summed E-state index contributed by atoms with van der Waals surface area (Å²) in [4.78, 5) is 26.1. The minimum absolute atomic E-state index is 0.0836. The molecule has 4 N–H and O–H groups in total. The number of nitrogens with one attached hydrogen (secondary N) is 1. The van der Waals surface area contributed by atoms with Crippen LogP contribution in [0.3, 0.4) is 0 Å². The zero-order chi connectivity index (χ0) is 12.1. The number of carboxylic acids is 1. The van der Waals surface area contributed by atoms with Crippen LogP contribution in [0.1, 0.15) is 23.7 Å². The van der Waals surface area contributed by atoms with Crippen LogP contribution in [0.2, 0.25) is 0 Å². The zero-order valence-corrected chi connectivity index (χ0v) is 8.80. The molecule has 1 rings (SSSR count). The lowest BCUT2D eigenvalue weighted by Crippen LogP contribution is -2.40. The highest BCUT2D eigenvalue weighted by molar-refractivity contribution is 6.00. The van der Waals surface area contributed by atoms with E-state index < -0.39 is 17.9 Å². The molecule has 6 heteroatoms. The van der Waals surface area contributed by atoms with Crippen molar-refractivity contribution in [3.63, 3.8) is 0 Å². The lowest BCUT2D eigenvalue weighted by molar-refractivity contribution is -0.139. The summed E-state index contributed by atoms with van der Waals surface area (Å²) in [5, 5.41) is 11.1. The molecule has 0 spiro atoms. The average molecular weight is 223 g/mol. The van der Waals surface area contributed by atoms with Crippen molar-refractivity contribution in [3.8, 4) is 0 Å². The largest absolute Gasteiger partial charge is 0.480 e. The number of amides is 1. The molecule has 1 aromatic rings. The Labute approximate surface area is 92.5 Å². The number of aliphatic carboxylic acids is 1. The number of nitrogens with zero attached hydrogens (tertiary/aromatic N) is 1. The van der Waals surface area contributed by atoms with Gasteiger partial charge in [0.25, 0.3) is 5.91 Å². The molecular formula is C10H13N3O3. The molecule has 0 fully saturated rings. The van der Waals surface area contributed by atoms with Gasteiger partial charge in [0.15, 0.2) is 0 Å². The molecule has 0 aliphatic rings. The maximum absolute atomic E-state index is 11.6. The van der Waals surface area contributed by atoms with E-state index >= 15 is 0 Å². The number of hydrogen-bond acceptors (Lipinski definition) is 4. The SMILES string of the molecule is CCC(NC(=O)c1cccnc1N)C(=O)O. The maximum atomic E-state index is 11.6. The number of rotatable bonds is 4. The van der Waals surface area contributed by atoms with E-state index in [0.29, 0.717) is 6.42 Å². The summed E-state index contributed by atoms with van der Waals surface area (Å²) >= 11 is 0. The maximum Gasteiger partial charge on any atom is 0.326 e. The fraction of sp³-hybridized carbons (Fsp3) is 0.300. The fourth-order valence-corrected chi connectivity index (χ4v) is 1.18. The summed E-state index contributed by atoms with van der Waals surface area (Å²) in [6, 6.07) is 2.14. The molecule has 0 aliphatic heterocycles. The van der Waals surface area contributed by atoms with Crippen molar-refractivity contribution in [2.24, 2.45) is 0 Å². The summed E-state index contributed by atoms with van der Waals surface area (Å²) < 4.78 is 0. The monoisotopic (exact) mass is 223 g/mol. The first-order valence-electron chi connectivity index (χ1n) is 4.80. The number of pyridine rings is 1. The lowest BCUT2D eigenvalue weighted by atomic mass is 10.2. The van der Waals surface area contributed by atoms with Crippen molar-refractivity contribution in [3.05, 3.63) is 23.9 Å². The van der Waals surface area contributed by atoms with Gasteiger partial charge in [0.05, 0.1) is 5.56 Å². The van der Waals surface area contributed by atoms with Crippen LogP contribution < -0.4 is 11.1 Å². The van der Waals surface area contributed by atoms with Gasteiger partial charge in [-0.3, -0.25) is 4.79 Å². The standard InChI is InChI=1S/C10H13N3O3/c1-2-7(10(15)16)13-9(14)6-4-3-5-12-8(6)11/h3-5,7H,2H2,1H3,(H2,11,12)(H,13,14)(H,15,16). The minimum Gasteiger partial charge on any atom is -0.480 e. The van der Waals surface area contributed by atoms with Crippen LogP contribution in [0.15, 0.2) is 18.3 Å². The molecule has 0 bridgehead atoms. The Hall–Kier alpha value is -2.11. The van der Waals surface area contributed by atoms with E-state index in [2.05, 4.69) is 10.3 Å². The summed E-state index contributed by atoms with van der Waals surface area (Å²) in [7, 11) is 0. The first-order valence-corrected chi connectivity index (χ1v) is 4.80. The quantitative estimate of drug-likeness (QED) is 0.678. The third-order valence-electron chi connectivity index (χ3n) is 2.09. The predicted molar refractivity (Wildman–Crippen MR) is 57.8 cm³/mol. The van der Waals surface area contributed by atoms with E-state index in [-0.39, 0.29) is 11.4 Å². The van der Waals surface area contributed by atoms with E-state index in [4.69, 9.17) is 10.8 Å². The molecule has 1 unspecified atom stereocenters. The normalized spacial score (nSPS) is 11.8. The third-order valence-corrected chi connectivity index (χ3v) is 2.09. The van der Waals surface area contributed by atoms with E-state index in [1.165, 1.54) is 12.3 Å². The summed E-state index contributed by atoms with van der Waals surface area (Å²) in [5.74, 6) is -1.52. The highest BCUT2D eigenvalue weighted by Crippen LogP contribution is 2.07. The van der Waals surface area contributed by atoms with Gasteiger partial charge in [0.1, 0.15) is 11.9 Å².